The van der Waals surface area contributed by atoms with Crippen molar-refractivity contribution in [2.75, 3.05) is 5.32 Å². The van der Waals surface area contributed by atoms with Crippen molar-refractivity contribution in [2.24, 2.45) is 5.73 Å². The van der Waals surface area contributed by atoms with Crippen LogP contribution in [-0.4, -0.2) is 5.91 Å². The minimum absolute atomic E-state index is 0.0190. The number of benzene rings is 2. The molecule has 0 bridgehead atoms. The summed E-state index contributed by atoms with van der Waals surface area (Å²) in [5.74, 6) is -0.0190. The van der Waals surface area contributed by atoms with Gasteiger partial charge in [-0.3, -0.25) is 4.79 Å². The molecule has 1 unspecified atom stereocenters. The molecule has 2 aromatic rings. The van der Waals surface area contributed by atoms with E-state index in [1.54, 1.807) is 0 Å². The van der Waals surface area contributed by atoms with Crippen LogP contribution in [-0.2, 0) is 4.79 Å². The summed E-state index contributed by atoms with van der Waals surface area (Å²) in [6.45, 7) is 0. The predicted octanol–water partition coefficient (Wildman–Crippen LogP) is 3.87. The van der Waals surface area contributed by atoms with Crippen LogP contribution in [0.25, 0.3) is 0 Å². The number of hydrogen-bond donors (Lipinski definition) is 2. The zero-order valence-electron chi connectivity index (χ0n) is 11.1. The first-order chi connectivity index (χ1) is 9.65. The monoisotopic (exact) mass is 332 g/mol. The van der Waals surface area contributed by atoms with Crippen LogP contribution < -0.4 is 11.1 Å². The van der Waals surface area contributed by atoms with E-state index in [9.17, 15) is 4.79 Å². The highest BCUT2D eigenvalue weighted by Gasteiger charge is 2.09. The van der Waals surface area contributed by atoms with Crippen LogP contribution in [0.4, 0.5) is 5.69 Å². The first-order valence-electron chi connectivity index (χ1n) is 6.51. The number of amides is 1. The molecule has 4 heteroatoms. The zero-order valence-corrected chi connectivity index (χ0v) is 12.6. The molecule has 20 heavy (non-hydrogen) atoms. The Morgan fingerprint density at radius 1 is 1.15 bits per heavy atom. The maximum Gasteiger partial charge on any atom is 0.224 e. The van der Waals surface area contributed by atoms with Gasteiger partial charge in [0.15, 0.2) is 0 Å². The minimum atomic E-state index is -0.107. The Morgan fingerprint density at radius 2 is 1.90 bits per heavy atom. The van der Waals surface area contributed by atoms with Crippen LogP contribution in [0.5, 0.6) is 0 Å². The molecule has 2 rings (SSSR count). The summed E-state index contributed by atoms with van der Waals surface area (Å²) < 4.78 is 0.941. The molecule has 3 N–H and O–H groups in total. The molecule has 0 radical (unpaired) electrons. The van der Waals surface area contributed by atoms with Gasteiger partial charge in [0.1, 0.15) is 0 Å². The smallest absolute Gasteiger partial charge is 0.224 e. The van der Waals surface area contributed by atoms with Crippen LogP contribution >= 0.6 is 15.9 Å². The fourth-order valence-corrected chi connectivity index (χ4v) is 2.34. The molecule has 2 aromatic carbocycles. The Bertz CT molecular complexity index is 572. The molecule has 1 atom stereocenters. The van der Waals surface area contributed by atoms with Gasteiger partial charge in [-0.15, -0.1) is 0 Å². The third-order valence-corrected chi connectivity index (χ3v) is 3.51. The maximum absolute atomic E-state index is 11.9. The van der Waals surface area contributed by atoms with E-state index in [2.05, 4.69) is 21.2 Å². The summed E-state index contributed by atoms with van der Waals surface area (Å²) in [4.78, 5) is 11.9. The van der Waals surface area contributed by atoms with Crippen molar-refractivity contribution in [3.05, 3.63) is 64.6 Å². The summed E-state index contributed by atoms with van der Waals surface area (Å²) in [5, 5.41) is 2.87. The molecule has 0 heterocycles. The topological polar surface area (TPSA) is 55.1 Å². The molecule has 0 saturated heterocycles. The third-order valence-electron chi connectivity index (χ3n) is 3.02. The Labute approximate surface area is 127 Å². The fraction of sp³-hybridized carbons (Fsp3) is 0.188. The van der Waals surface area contributed by atoms with Crippen molar-refractivity contribution in [1.29, 1.82) is 0 Å². The van der Waals surface area contributed by atoms with Crippen molar-refractivity contribution in [3.63, 3.8) is 0 Å². The van der Waals surface area contributed by atoms with Crippen LogP contribution in [0.2, 0.25) is 0 Å². The largest absolute Gasteiger partial charge is 0.326 e. The molecule has 104 valence electrons. The maximum atomic E-state index is 11.9. The molecule has 1 amide bonds. The van der Waals surface area contributed by atoms with Crippen LogP contribution in [0.1, 0.15) is 24.4 Å². The molecule has 0 spiro atoms. The summed E-state index contributed by atoms with van der Waals surface area (Å²) in [7, 11) is 0. The highest BCUT2D eigenvalue weighted by Crippen LogP contribution is 2.18. The second kappa shape index (κ2) is 7.22. The van der Waals surface area contributed by atoms with E-state index in [4.69, 9.17) is 5.73 Å². The van der Waals surface area contributed by atoms with E-state index < -0.39 is 0 Å². The van der Waals surface area contributed by atoms with Crippen molar-refractivity contribution >= 4 is 27.5 Å². The summed E-state index contributed by atoms with van der Waals surface area (Å²) in [5.41, 5.74) is 7.92. The van der Waals surface area contributed by atoms with E-state index in [0.717, 1.165) is 15.7 Å². The Balaban J connectivity index is 1.83. The van der Waals surface area contributed by atoms with Gasteiger partial charge >= 0.3 is 0 Å². The summed E-state index contributed by atoms with van der Waals surface area (Å²) in [6.07, 6.45) is 1.03. The molecular formula is C16H17BrN2O. The van der Waals surface area contributed by atoms with Crippen molar-refractivity contribution in [1.82, 2.24) is 0 Å². The lowest BCUT2D eigenvalue weighted by Crippen LogP contribution is -2.16. The van der Waals surface area contributed by atoms with Crippen molar-refractivity contribution < 1.29 is 4.79 Å². The van der Waals surface area contributed by atoms with Gasteiger partial charge in [-0.05, 0) is 30.2 Å². The summed E-state index contributed by atoms with van der Waals surface area (Å²) in [6, 6.07) is 17.3. The van der Waals surface area contributed by atoms with Crippen molar-refractivity contribution in [3.8, 4) is 0 Å². The third kappa shape index (κ3) is 4.47. The van der Waals surface area contributed by atoms with Gasteiger partial charge in [0, 0.05) is 22.6 Å². The Kier molecular flexibility index (Phi) is 5.32. The molecular weight excluding hydrogens is 316 g/mol. The molecule has 0 aromatic heterocycles. The van der Waals surface area contributed by atoms with E-state index >= 15 is 0 Å². The van der Waals surface area contributed by atoms with E-state index in [1.165, 1.54) is 0 Å². The first kappa shape index (κ1) is 14.8. The van der Waals surface area contributed by atoms with E-state index in [1.807, 2.05) is 54.6 Å². The highest BCUT2D eigenvalue weighted by molar-refractivity contribution is 9.10. The number of halogens is 1. The lowest BCUT2D eigenvalue weighted by Gasteiger charge is -2.12. The van der Waals surface area contributed by atoms with Gasteiger partial charge < -0.3 is 11.1 Å². The molecule has 0 aliphatic heterocycles. The lowest BCUT2D eigenvalue weighted by molar-refractivity contribution is -0.116. The number of nitrogens with two attached hydrogens (primary N) is 1. The second-order valence-electron chi connectivity index (χ2n) is 4.61. The van der Waals surface area contributed by atoms with Gasteiger partial charge in [-0.25, -0.2) is 0 Å². The normalized spacial score (nSPS) is 11.9. The van der Waals surface area contributed by atoms with Gasteiger partial charge in [-0.2, -0.15) is 0 Å². The van der Waals surface area contributed by atoms with Gasteiger partial charge in [0.25, 0.3) is 0 Å². The molecule has 0 aliphatic rings. The van der Waals surface area contributed by atoms with Gasteiger partial charge in [0.2, 0.25) is 5.91 Å². The van der Waals surface area contributed by atoms with Gasteiger partial charge in [-0.1, -0.05) is 52.3 Å². The lowest BCUT2D eigenvalue weighted by atomic mass is 10.0. The average molecular weight is 333 g/mol. The minimum Gasteiger partial charge on any atom is -0.326 e. The molecule has 0 aliphatic carbocycles. The SMILES string of the molecule is NC(CCC(=O)Nc1cccc(Br)c1)c1ccccc1. The fourth-order valence-electron chi connectivity index (χ4n) is 1.94. The first-order valence-corrected chi connectivity index (χ1v) is 7.30. The molecule has 0 fully saturated rings. The number of carbonyl (C=O) groups excluding carboxylic acids is 1. The zero-order chi connectivity index (χ0) is 14.4. The highest BCUT2D eigenvalue weighted by atomic mass is 79.9. The predicted molar refractivity (Wildman–Crippen MR) is 85.4 cm³/mol. The Hall–Kier alpha value is -1.65. The number of carbonyl (C=O) groups is 1. The van der Waals surface area contributed by atoms with E-state index in [-0.39, 0.29) is 11.9 Å². The number of hydrogen-bond acceptors (Lipinski definition) is 2. The van der Waals surface area contributed by atoms with Crippen LogP contribution in [0.3, 0.4) is 0 Å². The van der Waals surface area contributed by atoms with Crippen LogP contribution in [0, 0.1) is 0 Å². The number of rotatable bonds is 5. The number of anilines is 1. The molecule has 3 nitrogen and oxygen atoms in total. The standard InChI is InChI=1S/C16H17BrN2O/c17-13-7-4-8-14(11-13)19-16(20)10-9-15(18)12-5-2-1-3-6-12/h1-8,11,15H,9-10,18H2,(H,19,20). The molecule has 0 saturated carbocycles. The van der Waals surface area contributed by atoms with Gasteiger partial charge in [0.05, 0.1) is 0 Å². The van der Waals surface area contributed by atoms with Crippen molar-refractivity contribution in [2.45, 2.75) is 18.9 Å². The second-order valence-corrected chi connectivity index (χ2v) is 5.53. The Morgan fingerprint density at radius 3 is 2.60 bits per heavy atom. The van der Waals surface area contributed by atoms with Crippen LogP contribution in [0.15, 0.2) is 59.1 Å². The van der Waals surface area contributed by atoms with E-state index in [0.29, 0.717) is 12.8 Å². The number of nitrogens with one attached hydrogen (secondary N) is 1. The summed E-state index contributed by atoms with van der Waals surface area (Å²) >= 11 is 3.37. The average Bonchev–Trinajstić information content (AvgIpc) is 2.46. The quantitative estimate of drug-likeness (QED) is 0.873.